The fourth-order valence-electron chi connectivity index (χ4n) is 1.33. The maximum absolute atomic E-state index is 11.6. The second-order valence-corrected chi connectivity index (χ2v) is 4.20. The molecule has 1 amide bonds. The van der Waals surface area contributed by atoms with Crippen LogP contribution in [0, 0.1) is 11.3 Å². The van der Waals surface area contributed by atoms with E-state index in [0.29, 0.717) is 17.1 Å². The van der Waals surface area contributed by atoms with E-state index < -0.39 is 11.9 Å². The third-order valence-electron chi connectivity index (χ3n) is 2.19. The molecule has 0 saturated carbocycles. The number of ether oxygens (including phenoxy) is 1. The highest BCUT2D eigenvalue weighted by Crippen LogP contribution is 2.20. The van der Waals surface area contributed by atoms with Gasteiger partial charge in [-0.05, 0) is 24.6 Å². The van der Waals surface area contributed by atoms with E-state index in [1.165, 1.54) is 12.1 Å². The monoisotopic (exact) mass is 280 g/mol. The summed E-state index contributed by atoms with van der Waals surface area (Å²) in [5, 5.41) is 11.8. The Morgan fingerprint density at radius 1 is 1.47 bits per heavy atom. The molecule has 0 unspecified atom stereocenters. The first kappa shape index (κ1) is 15.0. The molecule has 0 atom stereocenters. The number of rotatable bonds is 5. The molecule has 1 N–H and O–H groups in total. The Balaban J connectivity index is 2.60. The van der Waals surface area contributed by atoms with Gasteiger partial charge in [-0.15, -0.1) is 0 Å². The van der Waals surface area contributed by atoms with Crippen LogP contribution in [0.1, 0.15) is 25.3 Å². The maximum Gasteiger partial charge on any atom is 0.306 e. The summed E-state index contributed by atoms with van der Waals surface area (Å²) < 4.78 is 4.75. The summed E-state index contributed by atoms with van der Waals surface area (Å²) in [6, 6.07) is 6.45. The van der Waals surface area contributed by atoms with Gasteiger partial charge in [0.15, 0.2) is 6.61 Å². The predicted molar refractivity (Wildman–Crippen MR) is 70.7 cm³/mol. The molecule has 19 heavy (non-hydrogen) atoms. The molecule has 1 rings (SSSR count). The summed E-state index contributed by atoms with van der Waals surface area (Å²) >= 11 is 5.78. The summed E-state index contributed by atoms with van der Waals surface area (Å²) in [7, 11) is 0. The van der Waals surface area contributed by atoms with E-state index in [1.54, 1.807) is 6.07 Å². The van der Waals surface area contributed by atoms with Gasteiger partial charge in [-0.25, -0.2) is 0 Å². The standard InChI is InChI=1S/C13H13ClN2O3/c1-2-3-13(18)19-8-12(17)16-11-6-10(14)5-4-9(11)7-15/h4-6H,2-3,8H2,1H3,(H,16,17). The molecule has 100 valence electrons. The van der Waals surface area contributed by atoms with Crippen LogP contribution in [0.4, 0.5) is 5.69 Å². The lowest BCUT2D eigenvalue weighted by atomic mass is 10.2. The Bertz CT molecular complexity index is 523. The van der Waals surface area contributed by atoms with Gasteiger partial charge >= 0.3 is 5.97 Å². The summed E-state index contributed by atoms with van der Waals surface area (Å²) in [5.41, 5.74) is 0.587. The molecule has 1 aromatic rings. The Hall–Kier alpha value is -2.06. The first-order chi connectivity index (χ1) is 9.06. The average molecular weight is 281 g/mol. The number of nitrogens with one attached hydrogen (secondary N) is 1. The number of benzene rings is 1. The van der Waals surface area contributed by atoms with Crippen LogP contribution in [0.3, 0.4) is 0 Å². The fraction of sp³-hybridized carbons (Fsp3) is 0.308. The fourth-order valence-corrected chi connectivity index (χ4v) is 1.50. The van der Waals surface area contributed by atoms with Gasteiger partial charge in [0.05, 0.1) is 11.3 Å². The van der Waals surface area contributed by atoms with Crippen molar-refractivity contribution in [2.45, 2.75) is 19.8 Å². The molecular formula is C13H13ClN2O3. The van der Waals surface area contributed by atoms with Crippen molar-refractivity contribution in [3.63, 3.8) is 0 Å². The van der Waals surface area contributed by atoms with Gasteiger partial charge in [0.25, 0.3) is 5.91 Å². The first-order valence-electron chi connectivity index (χ1n) is 5.72. The molecule has 0 aliphatic carbocycles. The first-order valence-corrected chi connectivity index (χ1v) is 6.09. The zero-order valence-electron chi connectivity index (χ0n) is 10.4. The maximum atomic E-state index is 11.6. The smallest absolute Gasteiger partial charge is 0.306 e. The van der Waals surface area contributed by atoms with Crippen LogP contribution >= 0.6 is 11.6 Å². The van der Waals surface area contributed by atoms with E-state index in [-0.39, 0.29) is 18.6 Å². The number of anilines is 1. The van der Waals surface area contributed by atoms with E-state index in [1.807, 2.05) is 13.0 Å². The number of hydrogen-bond donors (Lipinski definition) is 1. The van der Waals surface area contributed by atoms with Gasteiger partial charge in [-0.1, -0.05) is 18.5 Å². The van der Waals surface area contributed by atoms with Gasteiger partial charge in [0.2, 0.25) is 0 Å². The number of amides is 1. The molecule has 0 aromatic heterocycles. The Morgan fingerprint density at radius 2 is 2.21 bits per heavy atom. The molecule has 0 aliphatic heterocycles. The minimum Gasteiger partial charge on any atom is -0.456 e. The normalized spacial score (nSPS) is 9.53. The van der Waals surface area contributed by atoms with Crippen molar-refractivity contribution in [1.82, 2.24) is 0 Å². The van der Waals surface area contributed by atoms with Crippen LogP contribution in [0.5, 0.6) is 0 Å². The van der Waals surface area contributed by atoms with Gasteiger partial charge in [0, 0.05) is 11.4 Å². The van der Waals surface area contributed by atoms with E-state index in [0.717, 1.165) is 0 Å². The van der Waals surface area contributed by atoms with E-state index in [9.17, 15) is 9.59 Å². The topological polar surface area (TPSA) is 79.2 Å². The minimum absolute atomic E-state index is 0.272. The second-order valence-electron chi connectivity index (χ2n) is 3.76. The highest BCUT2D eigenvalue weighted by Gasteiger charge is 2.10. The minimum atomic E-state index is -0.511. The van der Waals surface area contributed by atoms with Crippen molar-refractivity contribution in [1.29, 1.82) is 5.26 Å². The number of hydrogen-bond acceptors (Lipinski definition) is 4. The summed E-state index contributed by atoms with van der Waals surface area (Å²) in [6.45, 7) is 1.46. The van der Waals surface area contributed by atoms with Crippen LogP contribution in [0.2, 0.25) is 5.02 Å². The number of carbonyl (C=O) groups excluding carboxylic acids is 2. The lowest BCUT2D eigenvalue weighted by molar-refractivity contribution is -0.147. The van der Waals surface area contributed by atoms with Crippen molar-refractivity contribution in [3.8, 4) is 6.07 Å². The van der Waals surface area contributed by atoms with E-state index >= 15 is 0 Å². The number of carbonyl (C=O) groups is 2. The SMILES string of the molecule is CCCC(=O)OCC(=O)Nc1cc(Cl)ccc1C#N. The average Bonchev–Trinajstić information content (AvgIpc) is 2.37. The molecule has 0 fully saturated rings. The predicted octanol–water partition coefficient (Wildman–Crippen LogP) is 2.49. The Labute approximate surface area is 116 Å². The van der Waals surface area contributed by atoms with Crippen molar-refractivity contribution >= 4 is 29.2 Å². The molecule has 0 heterocycles. The lowest BCUT2D eigenvalue weighted by Crippen LogP contribution is -2.21. The number of esters is 1. The molecule has 5 nitrogen and oxygen atoms in total. The van der Waals surface area contributed by atoms with Crippen LogP contribution in [-0.4, -0.2) is 18.5 Å². The van der Waals surface area contributed by atoms with Gasteiger partial charge < -0.3 is 10.1 Å². The van der Waals surface area contributed by atoms with Crippen LogP contribution in [0.25, 0.3) is 0 Å². The number of nitriles is 1. The van der Waals surface area contributed by atoms with E-state index in [2.05, 4.69) is 5.32 Å². The number of halogens is 1. The second kappa shape index (κ2) is 7.39. The van der Waals surface area contributed by atoms with Crippen molar-refractivity contribution in [2.75, 3.05) is 11.9 Å². The molecule has 1 aromatic carbocycles. The Kier molecular flexibility index (Phi) is 5.83. The van der Waals surface area contributed by atoms with Crippen molar-refractivity contribution in [3.05, 3.63) is 28.8 Å². The van der Waals surface area contributed by atoms with E-state index in [4.69, 9.17) is 21.6 Å². The third kappa shape index (κ3) is 4.98. The number of nitrogens with zero attached hydrogens (tertiary/aromatic N) is 1. The highest BCUT2D eigenvalue weighted by atomic mass is 35.5. The van der Waals surface area contributed by atoms with Gasteiger partial charge in [-0.3, -0.25) is 9.59 Å². The molecule has 0 saturated heterocycles. The zero-order chi connectivity index (χ0) is 14.3. The molecule has 0 bridgehead atoms. The largest absolute Gasteiger partial charge is 0.456 e. The summed E-state index contributed by atoms with van der Waals surface area (Å²) in [6.07, 6.45) is 0.932. The van der Waals surface area contributed by atoms with Crippen LogP contribution in [0.15, 0.2) is 18.2 Å². The van der Waals surface area contributed by atoms with Crippen molar-refractivity contribution in [2.24, 2.45) is 0 Å². The highest BCUT2D eigenvalue weighted by molar-refractivity contribution is 6.31. The van der Waals surface area contributed by atoms with Crippen LogP contribution in [-0.2, 0) is 14.3 Å². The lowest BCUT2D eigenvalue weighted by Gasteiger charge is -2.08. The molecule has 6 heteroatoms. The quantitative estimate of drug-likeness (QED) is 0.841. The summed E-state index contributed by atoms with van der Waals surface area (Å²) in [5.74, 6) is -0.938. The third-order valence-corrected chi connectivity index (χ3v) is 2.43. The molecule has 0 spiro atoms. The van der Waals surface area contributed by atoms with Crippen molar-refractivity contribution < 1.29 is 14.3 Å². The Morgan fingerprint density at radius 3 is 2.84 bits per heavy atom. The molecule has 0 radical (unpaired) electrons. The van der Waals surface area contributed by atoms with Gasteiger partial charge in [0.1, 0.15) is 6.07 Å². The summed E-state index contributed by atoms with van der Waals surface area (Å²) in [4.78, 5) is 22.7. The van der Waals surface area contributed by atoms with Gasteiger partial charge in [-0.2, -0.15) is 5.26 Å². The van der Waals surface area contributed by atoms with Crippen LogP contribution < -0.4 is 5.32 Å². The zero-order valence-corrected chi connectivity index (χ0v) is 11.2. The molecule has 0 aliphatic rings. The molecular weight excluding hydrogens is 268 g/mol.